The van der Waals surface area contributed by atoms with Crippen molar-refractivity contribution in [3.63, 3.8) is 0 Å². The van der Waals surface area contributed by atoms with E-state index in [1.54, 1.807) is 0 Å². The second-order valence-corrected chi connectivity index (χ2v) is 8.74. The predicted octanol–water partition coefficient (Wildman–Crippen LogP) is 1.55. The molecule has 5 heteroatoms. The van der Waals surface area contributed by atoms with Crippen LogP contribution in [0.15, 0.2) is 0 Å². The Bertz CT molecular complexity index is 368. The van der Waals surface area contributed by atoms with Crippen LogP contribution < -0.4 is 11.1 Å². The van der Waals surface area contributed by atoms with E-state index >= 15 is 0 Å². The van der Waals surface area contributed by atoms with Crippen LogP contribution >= 0.6 is 0 Å². The lowest BCUT2D eigenvalue weighted by molar-refractivity contribution is 0.318. The van der Waals surface area contributed by atoms with Gasteiger partial charge in [-0.25, -0.2) is 8.42 Å². The van der Waals surface area contributed by atoms with Gasteiger partial charge in [-0.3, -0.25) is 0 Å². The highest BCUT2D eigenvalue weighted by atomic mass is 32.2. The molecule has 1 aliphatic rings. The van der Waals surface area contributed by atoms with Crippen molar-refractivity contribution in [2.24, 2.45) is 17.6 Å². The van der Waals surface area contributed by atoms with E-state index in [0.717, 1.165) is 32.4 Å². The van der Waals surface area contributed by atoms with Crippen LogP contribution in [-0.4, -0.2) is 38.6 Å². The van der Waals surface area contributed by atoms with Crippen LogP contribution in [0.1, 0.15) is 46.5 Å². The summed E-state index contributed by atoms with van der Waals surface area (Å²) in [6, 6.07) is 0. The zero-order valence-corrected chi connectivity index (χ0v) is 13.4. The van der Waals surface area contributed by atoms with Crippen molar-refractivity contribution in [3.05, 3.63) is 0 Å². The summed E-state index contributed by atoms with van der Waals surface area (Å²) in [5.41, 5.74) is 5.43. The van der Waals surface area contributed by atoms with Gasteiger partial charge in [0, 0.05) is 5.54 Å². The van der Waals surface area contributed by atoms with E-state index in [2.05, 4.69) is 19.2 Å². The first-order valence-electron chi connectivity index (χ1n) is 7.43. The molecule has 1 fully saturated rings. The molecule has 0 aromatic rings. The van der Waals surface area contributed by atoms with Crippen LogP contribution in [0.4, 0.5) is 0 Å². The van der Waals surface area contributed by atoms with Gasteiger partial charge in [-0.1, -0.05) is 13.8 Å². The monoisotopic (exact) mass is 290 g/mol. The van der Waals surface area contributed by atoms with Crippen molar-refractivity contribution in [1.82, 2.24) is 5.32 Å². The molecule has 1 saturated heterocycles. The van der Waals surface area contributed by atoms with Crippen LogP contribution in [0.5, 0.6) is 0 Å². The maximum absolute atomic E-state index is 11.5. The molecule has 0 radical (unpaired) electrons. The van der Waals surface area contributed by atoms with E-state index in [-0.39, 0.29) is 11.3 Å². The summed E-state index contributed by atoms with van der Waals surface area (Å²) in [6.07, 6.45) is 4.10. The highest BCUT2D eigenvalue weighted by Crippen LogP contribution is 2.24. The normalized spacial score (nSPS) is 27.8. The Morgan fingerprint density at radius 1 is 1.32 bits per heavy atom. The summed E-state index contributed by atoms with van der Waals surface area (Å²) in [4.78, 5) is 0. The van der Waals surface area contributed by atoms with Crippen LogP contribution in [0, 0.1) is 11.8 Å². The number of nitrogens with one attached hydrogen (secondary N) is 1. The van der Waals surface area contributed by atoms with Gasteiger partial charge in [0.15, 0.2) is 9.84 Å². The highest BCUT2D eigenvalue weighted by molar-refractivity contribution is 7.91. The fraction of sp³-hybridized carbons (Fsp3) is 1.00. The van der Waals surface area contributed by atoms with Crippen molar-refractivity contribution >= 4 is 9.84 Å². The summed E-state index contributed by atoms with van der Waals surface area (Å²) in [6.45, 7) is 8.18. The molecule has 0 spiro atoms. The second-order valence-electron chi connectivity index (χ2n) is 6.55. The third kappa shape index (κ3) is 5.79. The summed E-state index contributed by atoms with van der Waals surface area (Å²) < 4.78 is 23.0. The van der Waals surface area contributed by atoms with Crippen molar-refractivity contribution in [2.75, 3.05) is 24.6 Å². The summed E-state index contributed by atoms with van der Waals surface area (Å²) in [5.74, 6) is 1.98. The number of rotatable bonds is 8. The Labute approximate surface area is 118 Å². The third-order valence-corrected chi connectivity index (χ3v) is 6.19. The fourth-order valence-electron chi connectivity index (χ4n) is 2.93. The number of hydrogen-bond donors (Lipinski definition) is 2. The third-order valence-electron chi connectivity index (χ3n) is 4.29. The SMILES string of the molecule is CC(C)C(CCN)CCCNC1(C)CCS(=O)(=O)C1. The standard InChI is InChI=1S/C14H30N2O2S/c1-12(2)13(6-8-15)5-4-9-16-14(3)7-10-19(17,18)11-14/h12-13,16H,4-11,15H2,1-3H3. The summed E-state index contributed by atoms with van der Waals surface area (Å²) >= 11 is 0. The molecular formula is C14H30N2O2S. The molecule has 0 amide bonds. The van der Waals surface area contributed by atoms with Gasteiger partial charge in [0.05, 0.1) is 11.5 Å². The predicted molar refractivity (Wildman–Crippen MR) is 80.9 cm³/mol. The van der Waals surface area contributed by atoms with Gasteiger partial charge < -0.3 is 11.1 Å². The van der Waals surface area contributed by atoms with Crippen molar-refractivity contribution < 1.29 is 8.42 Å². The molecule has 19 heavy (non-hydrogen) atoms. The number of nitrogens with two attached hydrogens (primary N) is 1. The van der Waals surface area contributed by atoms with E-state index in [0.29, 0.717) is 17.6 Å². The Hall–Kier alpha value is -0.130. The van der Waals surface area contributed by atoms with Gasteiger partial charge in [0.2, 0.25) is 0 Å². The molecule has 4 nitrogen and oxygen atoms in total. The summed E-state index contributed by atoms with van der Waals surface area (Å²) in [5, 5.41) is 3.44. The highest BCUT2D eigenvalue weighted by Gasteiger charge is 2.37. The molecule has 1 rings (SSSR count). The summed E-state index contributed by atoms with van der Waals surface area (Å²) in [7, 11) is -2.81. The Morgan fingerprint density at radius 3 is 2.47 bits per heavy atom. The quantitative estimate of drug-likeness (QED) is 0.665. The lowest BCUT2D eigenvalue weighted by Gasteiger charge is -2.25. The number of sulfone groups is 1. The van der Waals surface area contributed by atoms with Gasteiger partial charge in [-0.2, -0.15) is 0 Å². The van der Waals surface area contributed by atoms with E-state index < -0.39 is 9.84 Å². The molecule has 0 saturated carbocycles. The molecular weight excluding hydrogens is 260 g/mol. The molecule has 0 bridgehead atoms. The maximum Gasteiger partial charge on any atom is 0.152 e. The lowest BCUT2D eigenvalue weighted by Crippen LogP contribution is -2.43. The van der Waals surface area contributed by atoms with Crippen molar-refractivity contribution in [3.8, 4) is 0 Å². The van der Waals surface area contributed by atoms with E-state index in [1.807, 2.05) is 6.92 Å². The molecule has 0 aromatic heterocycles. The van der Waals surface area contributed by atoms with Crippen LogP contribution in [0.3, 0.4) is 0 Å². The smallest absolute Gasteiger partial charge is 0.152 e. The Balaban J connectivity index is 2.27. The molecule has 114 valence electrons. The topological polar surface area (TPSA) is 72.2 Å². The average molecular weight is 290 g/mol. The van der Waals surface area contributed by atoms with E-state index in [1.165, 1.54) is 6.42 Å². The molecule has 2 atom stereocenters. The first-order chi connectivity index (χ1) is 8.78. The molecule has 0 aliphatic carbocycles. The minimum absolute atomic E-state index is 0.208. The van der Waals surface area contributed by atoms with Crippen LogP contribution in [0.2, 0.25) is 0 Å². The van der Waals surface area contributed by atoms with Crippen molar-refractivity contribution in [1.29, 1.82) is 0 Å². The molecule has 1 heterocycles. The van der Waals surface area contributed by atoms with Gasteiger partial charge in [0.1, 0.15) is 0 Å². The Morgan fingerprint density at radius 2 is 2.00 bits per heavy atom. The first kappa shape index (κ1) is 16.9. The molecule has 2 unspecified atom stereocenters. The second kappa shape index (κ2) is 7.04. The van der Waals surface area contributed by atoms with E-state index in [4.69, 9.17) is 5.73 Å². The number of hydrogen-bond acceptors (Lipinski definition) is 4. The lowest BCUT2D eigenvalue weighted by atomic mass is 9.88. The minimum Gasteiger partial charge on any atom is -0.330 e. The van der Waals surface area contributed by atoms with Gasteiger partial charge in [0.25, 0.3) is 0 Å². The molecule has 0 aromatic carbocycles. The first-order valence-corrected chi connectivity index (χ1v) is 9.26. The zero-order chi connectivity index (χ0) is 14.5. The van der Waals surface area contributed by atoms with Gasteiger partial charge >= 0.3 is 0 Å². The zero-order valence-electron chi connectivity index (χ0n) is 12.6. The van der Waals surface area contributed by atoms with Crippen LogP contribution in [0.25, 0.3) is 0 Å². The van der Waals surface area contributed by atoms with Crippen LogP contribution in [-0.2, 0) is 9.84 Å². The molecule has 3 N–H and O–H groups in total. The largest absolute Gasteiger partial charge is 0.330 e. The van der Waals surface area contributed by atoms with Gasteiger partial charge in [-0.15, -0.1) is 0 Å². The maximum atomic E-state index is 11.5. The molecule has 1 aliphatic heterocycles. The van der Waals surface area contributed by atoms with Crippen molar-refractivity contribution in [2.45, 2.75) is 52.0 Å². The van der Waals surface area contributed by atoms with E-state index in [9.17, 15) is 8.42 Å². The fourth-order valence-corrected chi connectivity index (χ4v) is 5.05. The Kier molecular flexibility index (Phi) is 6.27. The minimum atomic E-state index is -2.81. The average Bonchev–Trinajstić information content (AvgIpc) is 2.57. The van der Waals surface area contributed by atoms with Gasteiger partial charge in [-0.05, 0) is 57.5 Å².